The topological polar surface area (TPSA) is 113 Å². The summed E-state index contributed by atoms with van der Waals surface area (Å²) < 4.78 is 17.8. The lowest BCUT2D eigenvalue weighted by Crippen LogP contribution is -2.38. The molecule has 144 valence electrons. The Morgan fingerprint density at radius 1 is 1.00 bits per heavy atom. The van der Waals surface area contributed by atoms with Gasteiger partial charge in [-0.05, 0) is 11.1 Å². The molecule has 0 saturated heterocycles. The standard InChI is InChI=1S/C19H22NO6P/c21-18(22)11-12-20-19(23)17(13-15-7-3-1-4-8-15)26-27(24,25)14-16-9-5-2-6-10-16/h1-10,17H,11-14H2,(H,20,23)(H,21,22)(H,24,25). The largest absolute Gasteiger partial charge is 0.481 e. The van der Waals surface area contributed by atoms with Gasteiger partial charge in [0.25, 0.3) is 0 Å². The second-order valence-electron chi connectivity index (χ2n) is 6.00. The molecule has 7 nitrogen and oxygen atoms in total. The zero-order valence-electron chi connectivity index (χ0n) is 14.7. The highest BCUT2D eigenvalue weighted by Gasteiger charge is 2.30. The van der Waals surface area contributed by atoms with Gasteiger partial charge in [0.15, 0.2) is 0 Å². The van der Waals surface area contributed by atoms with E-state index in [-0.39, 0.29) is 25.5 Å². The molecular weight excluding hydrogens is 369 g/mol. The monoisotopic (exact) mass is 391 g/mol. The highest BCUT2D eigenvalue weighted by Crippen LogP contribution is 2.47. The van der Waals surface area contributed by atoms with E-state index in [1.165, 1.54) is 0 Å². The van der Waals surface area contributed by atoms with Crippen molar-refractivity contribution in [2.75, 3.05) is 6.54 Å². The molecule has 1 amide bonds. The molecule has 27 heavy (non-hydrogen) atoms. The van der Waals surface area contributed by atoms with Crippen molar-refractivity contribution in [3.05, 3.63) is 71.8 Å². The van der Waals surface area contributed by atoms with E-state index in [0.29, 0.717) is 5.56 Å². The summed E-state index contributed by atoms with van der Waals surface area (Å²) in [6, 6.07) is 17.6. The minimum absolute atomic E-state index is 0.0861. The number of benzene rings is 2. The maximum absolute atomic E-state index is 12.5. The third-order valence-corrected chi connectivity index (χ3v) is 5.06. The summed E-state index contributed by atoms with van der Waals surface area (Å²) in [7, 11) is -4.09. The van der Waals surface area contributed by atoms with Crippen LogP contribution in [0.4, 0.5) is 0 Å². The molecule has 8 heteroatoms. The van der Waals surface area contributed by atoms with Gasteiger partial charge in [0, 0.05) is 13.0 Å². The van der Waals surface area contributed by atoms with Gasteiger partial charge in [-0.15, -0.1) is 0 Å². The van der Waals surface area contributed by atoms with Gasteiger partial charge < -0.3 is 15.3 Å². The number of nitrogens with one attached hydrogen (secondary N) is 1. The molecule has 0 radical (unpaired) electrons. The number of carboxylic acids is 1. The first-order chi connectivity index (χ1) is 12.9. The second-order valence-corrected chi connectivity index (χ2v) is 7.80. The van der Waals surface area contributed by atoms with Crippen LogP contribution in [0.1, 0.15) is 17.5 Å². The van der Waals surface area contributed by atoms with E-state index in [1.807, 2.05) is 6.07 Å². The van der Waals surface area contributed by atoms with Crippen LogP contribution in [0.25, 0.3) is 0 Å². The summed E-state index contributed by atoms with van der Waals surface area (Å²) >= 11 is 0. The lowest BCUT2D eigenvalue weighted by atomic mass is 10.1. The van der Waals surface area contributed by atoms with Gasteiger partial charge in [-0.3, -0.25) is 18.7 Å². The summed E-state index contributed by atoms with van der Waals surface area (Å²) in [6.07, 6.45) is -1.58. The Bertz CT molecular complexity index is 796. The Morgan fingerprint density at radius 3 is 2.11 bits per heavy atom. The number of carboxylic acid groups (broad SMARTS) is 1. The Hall–Kier alpha value is -2.47. The number of rotatable bonds is 10. The molecular formula is C19H22NO6P. The molecule has 0 aliphatic heterocycles. The fourth-order valence-electron chi connectivity index (χ4n) is 2.46. The van der Waals surface area contributed by atoms with Crippen LogP contribution in [0, 0.1) is 0 Å². The third-order valence-electron chi connectivity index (χ3n) is 3.71. The van der Waals surface area contributed by atoms with Gasteiger partial charge in [0.2, 0.25) is 5.91 Å². The maximum atomic E-state index is 12.5. The number of hydrogen-bond donors (Lipinski definition) is 3. The predicted octanol–water partition coefficient (Wildman–Crippen LogP) is 2.59. The number of aliphatic carboxylic acids is 1. The molecule has 0 aromatic heterocycles. The second kappa shape index (κ2) is 10.0. The molecule has 0 spiro atoms. The molecule has 0 heterocycles. The van der Waals surface area contributed by atoms with Crippen LogP contribution < -0.4 is 5.32 Å². The van der Waals surface area contributed by atoms with Crippen molar-refractivity contribution in [1.82, 2.24) is 5.32 Å². The zero-order chi connectivity index (χ0) is 19.7. The lowest BCUT2D eigenvalue weighted by molar-refractivity contribution is -0.137. The average Bonchev–Trinajstić information content (AvgIpc) is 2.62. The molecule has 2 aromatic rings. The van der Waals surface area contributed by atoms with E-state index < -0.39 is 25.6 Å². The van der Waals surface area contributed by atoms with Crippen molar-refractivity contribution in [3.63, 3.8) is 0 Å². The van der Waals surface area contributed by atoms with E-state index in [4.69, 9.17) is 9.63 Å². The molecule has 0 aliphatic carbocycles. The first kappa shape index (κ1) is 20.8. The number of amides is 1. The minimum atomic E-state index is -4.09. The average molecular weight is 391 g/mol. The third kappa shape index (κ3) is 7.74. The fraction of sp³-hybridized carbons (Fsp3) is 0.263. The normalized spacial score (nSPS) is 14.1. The van der Waals surface area contributed by atoms with Crippen molar-refractivity contribution < 1.29 is 28.7 Å². The Labute approximate surface area is 157 Å². The van der Waals surface area contributed by atoms with Gasteiger partial charge >= 0.3 is 13.6 Å². The van der Waals surface area contributed by atoms with E-state index in [9.17, 15) is 19.0 Å². The van der Waals surface area contributed by atoms with Crippen LogP contribution in [0.5, 0.6) is 0 Å². The van der Waals surface area contributed by atoms with Crippen LogP contribution in [-0.2, 0) is 31.3 Å². The minimum Gasteiger partial charge on any atom is -0.481 e. The van der Waals surface area contributed by atoms with Crippen molar-refractivity contribution in [3.8, 4) is 0 Å². The first-order valence-corrected chi connectivity index (χ1v) is 10.2. The SMILES string of the molecule is O=C(O)CCNC(=O)C(Cc1ccccc1)OP(=O)(O)Cc1ccccc1. The van der Waals surface area contributed by atoms with E-state index in [0.717, 1.165) is 5.56 Å². The van der Waals surface area contributed by atoms with E-state index >= 15 is 0 Å². The smallest absolute Gasteiger partial charge is 0.333 e. The van der Waals surface area contributed by atoms with Crippen molar-refractivity contribution in [2.24, 2.45) is 0 Å². The van der Waals surface area contributed by atoms with Crippen LogP contribution in [0.3, 0.4) is 0 Å². The molecule has 0 fully saturated rings. The molecule has 3 N–H and O–H groups in total. The van der Waals surface area contributed by atoms with Gasteiger partial charge in [-0.1, -0.05) is 60.7 Å². The molecule has 0 bridgehead atoms. The van der Waals surface area contributed by atoms with Gasteiger partial charge in [0.05, 0.1) is 12.6 Å². The van der Waals surface area contributed by atoms with Crippen LogP contribution >= 0.6 is 7.60 Å². The predicted molar refractivity (Wildman–Crippen MR) is 100 cm³/mol. The summed E-state index contributed by atoms with van der Waals surface area (Å²) in [4.78, 5) is 33.2. The number of carbonyl (C=O) groups is 2. The van der Waals surface area contributed by atoms with Crippen molar-refractivity contribution >= 4 is 19.5 Å². The highest BCUT2D eigenvalue weighted by molar-refractivity contribution is 7.52. The zero-order valence-corrected chi connectivity index (χ0v) is 15.5. The summed E-state index contributed by atoms with van der Waals surface area (Å²) in [5.74, 6) is -1.67. The number of hydrogen-bond acceptors (Lipinski definition) is 4. The van der Waals surface area contributed by atoms with Crippen LogP contribution in [-0.4, -0.2) is 34.5 Å². The molecule has 2 atom stereocenters. The lowest BCUT2D eigenvalue weighted by Gasteiger charge is -2.21. The van der Waals surface area contributed by atoms with E-state index in [2.05, 4.69) is 5.32 Å². The van der Waals surface area contributed by atoms with Crippen LogP contribution in [0.2, 0.25) is 0 Å². The molecule has 0 aliphatic rings. The molecule has 0 saturated carbocycles. The van der Waals surface area contributed by atoms with Gasteiger partial charge in [-0.2, -0.15) is 0 Å². The number of carbonyl (C=O) groups excluding carboxylic acids is 1. The van der Waals surface area contributed by atoms with E-state index in [1.54, 1.807) is 54.6 Å². The highest BCUT2D eigenvalue weighted by atomic mass is 31.2. The summed E-state index contributed by atoms with van der Waals surface area (Å²) in [5.41, 5.74) is 1.38. The Balaban J connectivity index is 2.09. The van der Waals surface area contributed by atoms with Gasteiger partial charge in [0.1, 0.15) is 6.10 Å². The van der Waals surface area contributed by atoms with Crippen molar-refractivity contribution in [1.29, 1.82) is 0 Å². The van der Waals surface area contributed by atoms with Crippen LogP contribution in [0.15, 0.2) is 60.7 Å². The Morgan fingerprint density at radius 2 is 1.56 bits per heavy atom. The summed E-state index contributed by atoms with van der Waals surface area (Å²) in [5, 5.41) is 11.1. The maximum Gasteiger partial charge on any atom is 0.333 e. The molecule has 2 unspecified atom stereocenters. The van der Waals surface area contributed by atoms with Gasteiger partial charge in [-0.25, -0.2) is 0 Å². The summed E-state index contributed by atoms with van der Waals surface area (Å²) in [6.45, 7) is -0.0861. The molecule has 2 aromatic carbocycles. The quantitative estimate of drug-likeness (QED) is 0.537. The molecule has 2 rings (SSSR count). The Kier molecular flexibility index (Phi) is 7.73. The fourth-order valence-corrected chi connectivity index (χ4v) is 3.78. The first-order valence-electron chi connectivity index (χ1n) is 8.43. The van der Waals surface area contributed by atoms with Crippen molar-refractivity contribution in [2.45, 2.75) is 25.1 Å².